The Kier molecular flexibility index (Phi) is 5.67. The Balaban J connectivity index is 2.49. The van der Waals surface area contributed by atoms with Gasteiger partial charge in [0.05, 0.1) is 0 Å². The number of carbonyl (C=O) groups excluding carboxylic acids is 1. The molecule has 0 atom stereocenters. The van der Waals surface area contributed by atoms with Gasteiger partial charge in [0.25, 0.3) is 5.91 Å². The third kappa shape index (κ3) is 4.81. The second-order valence-corrected chi connectivity index (χ2v) is 5.25. The summed E-state index contributed by atoms with van der Waals surface area (Å²) in [6.45, 7) is 8.81. The van der Waals surface area contributed by atoms with Crippen LogP contribution in [0.4, 0.5) is 5.69 Å². The topological polar surface area (TPSA) is 64.3 Å². The van der Waals surface area contributed by atoms with E-state index in [-0.39, 0.29) is 12.5 Å². The van der Waals surface area contributed by atoms with Crippen LogP contribution in [0.1, 0.15) is 31.4 Å². The van der Waals surface area contributed by atoms with Gasteiger partial charge in [-0.15, -0.1) is 0 Å². The normalized spacial score (nSPS) is 10.6. The van der Waals surface area contributed by atoms with E-state index < -0.39 is 0 Å². The average Bonchev–Trinajstić information content (AvgIpc) is 2.33. The lowest BCUT2D eigenvalue weighted by atomic mass is 10.1. The van der Waals surface area contributed by atoms with Gasteiger partial charge in [-0.3, -0.25) is 4.79 Å². The Morgan fingerprint density at radius 3 is 2.68 bits per heavy atom. The molecule has 0 saturated carbocycles. The van der Waals surface area contributed by atoms with E-state index in [1.807, 2.05) is 26.0 Å². The molecule has 4 nitrogen and oxygen atoms in total. The van der Waals surface area contributed by atoms with Crippen LogP contribution in [-0.2, 0) is 4.79 Å². The van der Waals surface area contributed by atoms with E-state index in [1.54, 1.807) is 0 Å². The number of hydrogen-bond acceptors (Lipinski definition) is 3. The van der Waals surface area contributed by atoms with Crippen LogP contribution in [0.25, 0.3) is 0 Å². The van der Waals surface area contributed by atoms with Crippen molar-refractivity contribution in [1.82, 2.24) is 5.32 Å². The van der Waals surface area contributed by atoms with E-state index in [4.69, 9.17) is 10.5 Å². The van der Waals surface area contributed by atoms with Crippen LogP contribution < -0.4 is 15.8 Å². The molecule has 0 fully saturated rings. The van der Waals surface area contributed by atoms with Crippen molar-refractivity contribution in [1.29, 1.82) is 0 Å². The van der Waals surface area contributed by atoms with E-state index in [1.165, 1.54) is 0 Å². The Hall–Kier alpha value is -1.71. The van der Waals surface area contributed by atoms with Crippen molar-refractivity contribution in [3.63, 3.8) is 0 Å². The second kappa shape index (κ2) is 7.02. The predicted octanol–water partition coefficient (Wildman–Crippen LogP) is 2.43. The van der Waals surface area contributed by atoms with E-state index in [2.05, 4.69) is 19.2 Å². The monoisotopic (exact) mass is 264 g/mol. The van der Waals surface area contributed by atoms with Gasteiger partial charge in [-0.1, -0.05) is 19.9 Å². The molecule has 1 aromatic rings. The standard InChI is InChI=1S/C15H24N2O2/c1-10(2)7-8-17-14(18)9-19-15-11(3)5-6-13(16)12(15)4/h5-6,10H,7-9,16H2,1-4H3,(H,17,18). The van der Waals surface area contributed by atoms with Crippen LogP contribution in [0, 0.1) is 19.8 Å². The van der Waals surface area contributed by atoms with Crippen LogP contribution >= 0.6 is 0 Å². The summed E-state index contributed by atoms with van der Waals surface area (Å²) >= 11 is 0. The first-order chi connectivity index (χ1) is 8.91. The molecule has 1 amide bonds. The first kappa shape index (κ1) is 15.3. The molecule has 0 heterocycles. The maximum atomic E-state index is 11.6. The number of benzene rings is 1. The summed E-state index contributed by atoms with van der Waals surface area (Å²) in [5.74, 6) is 1.19. The predicted molar refractivity (Wildman–Crippen MR) is 78.3 cm³/mol. The lowest BCUT2D eigenvalue weighted by Crippen LogP contribution is -2.30. The summed E-state index contributed by atoms with van der Waals surface area (Å²) < 4.78 is 5.58. The van der Waals surface area contributed by atoms with E-state index >= 15 is 0 Å². The van der Waals surface area contributed by atoms with Gasteiger partial charge in [0, 0.05) is 17.8 Å². The van der Waals surface area contributed by atoms with E-state index in [0.717, 1.165) is 17.5 Å². The molecule has 0 unspecified atom stereocenters. The van der Waals surface area contributed by atoms with Crippen LogP contribution in [0.2, 0.25) is 0 Å². The third-order valence-electron chi connectivity index (χ3n) is 3.04. The molecule has 0 aromatic heterocycles. The summed E-state index contributed by atoms with van der Waals surface area (Å²) in [5, 5.41) is 2.84. The lowest BCUT2D eigenvalue weighted by molar-refractivity contribution is -0.123. The zero-order valence-corrected chi connectivity index (χ0v) is 12.2. The highest BCUT2D eigenvalue weighted by Gasteiger charge is 2.09. The third-order valence-corrected chi connectivity index (χ3v) is 3.04. The zero-order valence-electron chi connectivity index (χ0n) is 12.2. The fourth-order valence-electron chi connectivity index (χ4n) is 1.75. The summed E-state index contributed by atoms with van der Waals surface area (Å²) in [6.07, 6.45) is 0.974. The fourth-order valence-corrected chi connectivity index (χ4v) is 1.75. The number of ether oxygens (including phenoxy) is 1. The van der Waals surface area contributed by atoms with Gasteiger partial charge in [0.2, 0.25) is 0 Å². The smallest absolute Gasteiger partial charge is 0.257 e. The largest absolute Gasteiger partial charge is 0.483 e. The summed E-state index contributed by atoms with van der Waals surface area (Å²) in [6, 6.07) is 3.74. The van der Waals surface area contributed by atoms with Crippen molar-refractivity contribution in [2.24, 2.45) is 5.92 Å². The molecular weight excluding hydrogens is 240 g/mol. The fraction of sp³-hybridized carbons (Fsp3) is 0.533. The molecule has 19 heavy (non-hydrogen) atoms. The van der Waals surface area contributed by atoms with Gasteiger partial charge in [-0.2, -0.15) is 0 Å². The molecule has 0 aliphatic rings. The molecular formula is C15H24N2O2. The minimum Gasteiger partial charge on any atom is -0.483 e. The van der Waals surface area contributed by atoms with Gasteiger partial charge >= 0.3 is 0 Å². The zero-order chi connectivity index (χ0) is 14.4. The molecule has 3 N–H and O–H groups in total. The SMILES string of the molecule is Cc1ccc(N)c(C)c1OCC(=O)NCCC(C)C. The van der Waals surface area contributed by atoms with Gasteiger partial charge in [0.15, 0.2) is 6.61 Å². The number of hydrogen-bond donors (Lipinski definition) is 2. The first-order valence-corrected chi connectivity index (χ1v) is 6.67. The molecule has 4 heteroatoms. The Labute approximate surface area is 115 Å². The average molecular weight is 264 g/mol. The maximum Gasteiger partial charge on any atom is 0.257 e. The van der Waals surface area contributed by atoms with Gasteiger partial charge in [-0.05, 0) is 37.8 Å². The van der Waals surface area contributed by atoms with Crippen LogP contribution in [-0.4, -0.2) is 19.1 Å². The summed E-state index contributed by atoms with van der Waals surface area (Å²) in [4.78, 5) is 11.6. The Morgan fingerprint density at radius 2 is 2.05 bits per heavy atom. The molecule has 106 valence electrons. The molecule has 0 aliphatic carbocycles. The van der Waals surface area contributed by atoms with Crippen molar-refractivity contribution < 1.29 is 9.53 Å². The van der Waals surface area contributed by atoms with Crippen LogP contribution in [0.3, 0.4) is 0 Å². The molecule has 0 spiro atoms. The van der Waals surface area contributed by atoms with E-state index in [9.17, 15) is 4.79 Å². The number of nitrogen functional groups attached to an aromatic ring is 1. The highest BCUT2D eigenvalue weighted by atomic mass is 16.5. The summed E-state index contributed by atoms with van der Waals surface area (Å²) in [7, 11) is 0. The minimum absolute atomic E-state index is 0.0310. The second-order valence-electron chi connectivity index (χ2n) is 5.25. The summed E-state index contributed by atoms with van der Waals surface area (Å²) in [5.41, 5.74) is 8.38. The molecule has 0 radical (unpaired) electrons. The quantitative estimate of drug-likeness (QED) is 0.776. The Bertz CT molecular complexity index is 442. The van der Waals surface area contributed by atoms with E-state index in [0.29, 0.717) is 23.9 Å². The number of aryl methyl sites for hydroxylation is 1. The molecule has 0 saturated heterocycles. The number of anilines is 1. The lowest BCUT2D eigenvalue weighted by Gasteiger charge is -2.14. The number of nitrogens with one attached hydrogen (secondary N) is 1. The molecule has 0 bridgehead atoms. The highest BCUT2D eigenvalue weighted by Crippen LogP contribution is 2.27. The molecule has 0 aliphatic heterocycles. The molecule has 1 aromatic carbocycles. The minimum atomic E-state index is -0.0955. The van der Waals surface area contributed by atoms with Gasteiger partial charge < -0.3 is 15.8 Å². The Morgan fingerprint density at radius 1 is 1.37 bits per heavy atom. The number of rotatable bonds is 6. The maximum absolute atomic E-state index is 11.6. The number of nitrogens with two attached hydrogens (primary N) is 1. The number of amides is 1. The highest BCUT2D eigenvalue weighted by molar-refractivity contribution is 5.77. The van der Waals surface area contributed by atoms with Gasteiger partial charge in [0.1, 0.15) is 5.75 Å². The van der Waals surface area contributed by atoms with Crippen molar-refractivity contribution in [3.05, 3.63) is 23.3 Å². The van der Waals surface area contributed by atoms with Crippen LogP contribution in [0.15, 0.2) is 12.1 Å². The van der Waals surface area contributed by atoms with Crippen molar-refractivity contribution in [2.45, 2.75) is 34.1 Å². The van der Waals surface area contributed by atoms with Crippen LogP contribution in [0.5, 0.6) is 5.75 Å². The van der Waals surface area contributed by atoms with Crippen molar-refractivity contribution >= 4 is 11.6 Å². The van der Waals surface area contributed by atoms with Crippen molar-refractivity contribution in [3.8, 4) is 5.75 Å². The first-order valence-electron chi connectivity index (χ1n) is 6.67. The molecule has 1 rings (SSSR count). The van der Waals surface area contributed by atoms with Crippen molar-refractivity contribution in [2.75, 3.05) is 18.9 Å². The number of carbonyl (C=O) groups is 1. The van der Waals surface area contributed by atoms with Gasteiger partial charge in [-0.25, -0.2) is 0 Å².